The number of rotatable bonds is 2. The minimum atomic E-state index is -1.86. The molecular formula is C23H23N3O5. The van der Waals surface area contributed by atoms with Gasteiger partial charge in [-0.25, -0.2) is 9.78 Å². The molecule has 0 bridgehead atoms. The quantitative estimate of drug-likeness (QED) is 0.422. The number of hydrogen-bond donors (Lipinski definition) is 3. The Morgan fingerprint density at radius 2 is 2.03 bits per heavy atom. The fourth-order valence-electron chi connectivity index (χ4n) is 4.72. The summed E-state index contributed by atoms with van der Waals surface area (Å²) in [6.07, 6.45) is 0.0912. The van der Waals surface area contributed by atoms with Gasteiger partial charge in [-0.3, -0.25) is 4.79 Å². The number of phenols is 1. The molecule has 0 saturated carbocycles. The highest BCUT2D eigenvalue weighted by atomic mass is 16.6. The van der Waals surface area contributed by atoms with E-state index in [0.29, 0.717) is 22.5 Å². The first-order valence-corrected chi connectivity index (χ1v) is 10.2. The Morgan fingerprint density at radius 1 is 1.29 bits per heavy atom. The molecule has 2 aromatic heterocycles. The van der Waals surface area contributed by atoms with Gasteiger partial charge >= 0.3 is 5.97 Å². The molecule has 0 radical (unpaired) electrons. The third kappa shape index (κ3) is 2.58. The number of hydrogen-bond acceptors (Lipinski definition) is 7. The number of carbonyl (C=O) groups excluding carboxylic acids is 1. The SMILES string of the molecule is CCC1(O)C(=O)OCc2c1cc1n(c2=O)Cc2cc3c(C(C)(C)N)c(O)ccc3nc2-1. The molecular weight excluding hydrogens is 398 g/mol. The minimum Gasteiger partial charge on any atom is -0.508 e. The molecule has 0 amide bonds. The lowest BCUT2D eigenvalue weighted by molar-refractivity contribution is -0.172. The Kier molecular flexibility index (Phi) is 3.91. The van der Waals surface area contributed by atoms with E-state index in [9.17, 15) is 19.8 Å². The van der Waals surface area contributed by atoms with E-state index in [1.165, 1.54) is 0 Å². The number of nitrogens with zero attached hydrogens (tertiary/aromatic N) is 2. The molecule has 5 rings (SSSR count). The predicted molar refractivity (Wildman–Crippen MR) is 113 cm³/mol. The molecule has 31 heavy (non-hydrogen) atoms. The van der Waals surface area contributed by atoms with Gasteiger partial charge in [-0.15, -0.1) is 0 Å². The molecule has 8 nitrogen and oxygen atoms in total. The highest BCUT2D eigenvalue weighted by Crippen LogP contribution is 2.40. The number of ether oxygens (including phenoxy) is 1. The Morgan fingerprint density at radius 3 is 2.71 bits per heavy atom. The maximum atomic E-state index is 13.2. The van der Waals surface area contributed by atoms with Crippen molar-refractivity contribution in [2.75, 3.05) is 0 Å². The summed E-state index contributed by atoms with van der Waals surface area (Å²) >= 11 is 0. The van der Waals surface area contributed by atoms with Gasteiger partial charge in [0.15, 0.2) is 5.60 Å². The minimum absolute atomic E-state index is 0.0912. The Labute approximate surface area is 177 Å². The third-order valence-electron chi connectivity index (χ3n) is 6.31. The van der Waals surface area contributed by atoms with E-state index in [4.69, 9.17) is 15.5 Å². The van der Waals surface area contributed by atoms with Crippen LogP contribution in [0.3, 0.4) is 0 Å². The van der Waals surface area contributed by atoms with Crippen LogP contribution in [0.15, 0.2) is 29.1 Å². The first-order chi connectivity index (χ1) is 14.6. The predicted octanol–water partition coefficient (Wildman–Crippen LogP) is 1.98. The van der Waals surface area contributed by atoms with Crippen molar-refractivity contribution in [3.05, 3.63) is 56.9 Å². The first-order valence-electron chi connectivity index (χ1n) is 10.2. The molecule has 1 aromatic carbocycles. The monoisotopic (exact) mass is 421 g/mol. The maximum Gasteiger partial charge on any atom is 0.343 e. The van der Waals surface area contributed by atoms with Crippen LogP contribution in [0.4, 0.5) is 0 Å². The average molecular weight is 421 g/mol. The third-order valence-corrected chi connectivity index (χ3v) is 6.31. The summed E-state index contributed by atoms with van der Waals surface area (Å²) in [5, 5.41) is 22.1. The van der Waals surface area contributed by atoms with Crippen LogP contribution >= 0.6 is 0 Å². The summed E-state index contributed by atoms with van der Waals surface area (Å²) in [5.74, 6) is -0.657. The number of nitrogens with two attached hydrogens (primary N) is 1. The summed E-state index contributed by atoms with van der Waals surface area (Å²) in [6.45, 7) is 5.41. The molecule has 1 atom stereocenters. The Hall–Kier alpha value is -3.23. The maximum absolute atomic E-state index is 13.2. The van der Waals surface area contributed by atoms with Crippen LogP contribution in [0.2, 0.25) is 0 Å². The van der Waals surface area contributed by atoms with Crippen LogP contribution in [0.25, 0.3) is 22.3 Å². The molecule has 3 aromatic rings. The summed E-state index contributed by atoms with van der Waals surface area (Å²) in [5.41, 5.74) is 7.08. The van der Waals surface area contributed by atoms with Crippen molar-refractivity contribution in [1.82, 2.24) is 9.55 Å². The second kappa shape index (κ2) is 6.15. The van der Waals surface area contributed by atoms with Gasteiger partial charge in [-0.2, -0.15) is 0 Å². The zero-order valence-electron chi connectivity index (χ0n) is 17.5. The number of esters is 1. The second-order valence-electron chi connectivity index (χ2n) is 8.85. The molecule has 0 saturated heterocycles. The molecule has 8 heteroatoms. The second-order valence-corrected chi connectivity index (χ2v) is 8.85. The number of phenolic OH excluding ortho intramolecular Hbond substituents is 1. The Balaban J connectivity index is 1.79. The molecule has 0 spiro atoms. The summed E-state index contributed by atoms with van der Waals surface area (Å²) in [6, 6.07) is 6.85. The molecule has 1 unspecified atom stereocenters. The van der Waals surface area contributed by atoms with E-state index in [1.807, 2.05) is 19.9 Å². The van der Waals surface area contributed by atoms with Gasteiger partial charge in [-0.1, -0.05) is 6.92 Å². The molecule has 2 aliphatic heterocycles. The van der Waals surface area contributed by atoms with Crippen LogP contribution in [0, 0.1) is 0 Å². The van der Waals surface area contributed by atoms with E-state index in [-0.39, 0.29) is 42.0 Å². The van der Waals surface area contributed by atoms with Crippen LogP contribution in [0.1, 0.15) is 49.4 Å². The van der Waals surface area contributed by atoms with Gasteiger partial charge in [0.05, 0.1) is 29.0 Å². The van der Waals surface area contributed by atoms with Crippen LogP contribution in [-0.2, 0) is 33.8 Å². The average Bonchev–Trinajstić information content (AvgIpc) is 3.06. The van der Waals surface area contributed by atoms with E-state index in [0.717, 1.165) is 10.9 Å². The summed E-state index contributed by atoms with van der Waals surface area (Å²) < 4.78 is 6.68. The van der Waals surface area contributed by atoms with Crippen molar-refractivity contribution >= 4 is 16.9 Å². The van der Waals surface area contributed by atoms with Crippen LogP contribution in [-0.4, -0.2) is 25.7 Å². The van der Waals surface area contributed by atoms with Crippen molar-refractivity contribution in [3.8, 4) is 17.1 Å². The number of aromatic hydroxyl groups is 1. The van der Waals surface area contributed by atoms with Gasteiger partial charge in [0.25, 0.3) is 5.56 Å². The van der Waals surface area contributed by atoms with Crippen molar-refractivity contribution in [3.63, 3.8) is 0 Å². The number of benzene rings is 1. The molecule has 160 valence electrons. The number of aliphatic hydroxyl groups is 1. The van der Waals surface area contributed by atoms with Crippen molar-refractivity contribution in [2.45, 2.75) is 51.5 Å². The van der Waals surface area contributed by atoms with Gasteiger partial charge in [0.1, 0.15) is 12.4 Å². The van der Waals surface area contributed by atoms with E-state index >= 15 is 0 Å². The van der Waals surface area contributed by atoms with E-state index in [1.54, 1.807) is 29.7 Å². The molecule has 2 aliphatic rings. The zero-order valence-corrected chi connectivity index (χ0v) is 17.5. The van der Waals surface area contributed by atoms with Gasteiger partial charge < -0.3 is 25.3 Å². The summed E-state index contributed by atoms with van der Waals surface area (Å²) in [4.78, 5) is 30.3. The largest absolute Gasteiger partial charge is 0.508 e. The highest BCUT2D eigenvalue weighted by molar-refractivity contribution is 5.90. The number of carbonyl (C=O) groups is 1. The first kappa shape index (κ1) is 19.7. The van der Waals surface area contributed by atoms with Crippen molar-refractivity contribution in [2.24, 2.45) is 5.73 Å². The zero-order chi connectivity index (χ0) is 22.3. The lowest BCUT2D eigenvalue weighted by Crippen LogP contribution is -2.44. The van der Waals surface area contributed by atoms with Crippen LogP contribution < -0.4 is 11.3 Å². The number of aromatic nitrogens is 2. The fourth-order valence-corrected chi connectivity index (χ4v) is 4.72. The van der Waals surface area contributed by atoms with Crippen molar-refractivity contribution in [1.29, 1.82) is 0 Å². The smallest absolute Gasteiger partial charge is 0.343 e. The number of fused-ring (bicyclic) bond motifs is 5. The fraction of sp³-hybridized carbons (Fsp3) is 0.348. The van der Waals surface area contributed by atoms with E-state index in [2.05, 4.69) is 0 Å². The number of cyclic esters (lactones) is 1. The molecule has 0 fully saturated rings. The molecule has 4 N–H and O–H groups in total. The van der Waals surface area contributed by atoms with Crippen molar-refractivity contribution < 1.29 is 19.7 Å². The van der Waals surface area contributed by atoms with Gasteiger partial charge in [-0.05, 0) is 44.5 Å². The van der Waals surface area contributed by atoms with Crippen LogP contribution in [0.5, 0.6) is 5.75 Å². The molecule has 4 heterocycles. The van der Waals surface area contributed by atoms with Gasteiger partial charge in [0.2, 0.25) is 0 Å². The highest BCUT2D eigenvalue weighted by Gasteiger charge is 2.45. The standard InChI is InChI=1S/C23H23N3O5/c1-4-23(30)14-8-16-19-11(9-26(16)20(28)13(14)10-31-21(23)29)7-12-15(25-19)5-6-17(27)18(12)22(2,3)24/h5-8,27,30H,4,9-10,24H2,1-3H3. The lowest BCUT2D eigenvalue weighted by Gasteiger charge is -2.31. The Bertz CT molecular complexity index is 1350. The van der Waals surface area contributed by atoms with E-state index < -0.39 is 17.1 Å². The molecule has 0 aliphatic carbocycles. The van der Waals surface area contributed by atoms with Gasteiger partial charge in [0, 0.05) is 27.6 Å². The number of pyridine rings is 2. The summed E-state index contributed by atoms with van der Waals surface area (Å²) in [7, 11) is 0. The normalized spacial score (nSPS) is 19.7. The topological polar surface area (TPSA) is 128 Å². The lowest BCUT2D eigenvalue weighted by atomic mass is 9.86.